The van der Waals surface area contributed by atoms with Crippen molar-refractivity contribution in [1.29, 1.82) is 0 Å². The van der Waals surface area contributed by atoms with Crippen LogP contribution in [0.15, 0.2) is 36.7 Å². The summed E-state index contributed by atoms with van der Waals surface area (Å²) in [6, 6.07) is 7.59. The van der Waals surface area contributed by atoms with E-state index in [1.807, 2.05) is 30.1 Å². The van der Waals surface area contributed by atoms with E-state index in [4.69, 9.17) is 9.47 Å². The SMILES string of the molecule is Cn1ccc(C(=O)N2C[C@H]3[C@@H](CCOCc4ccccn4)CO[C@H]3C2)n1. The van der Waals surface area contributed by atoms with Crippen molar-refractivity contribution in [3.63, 3.8) is 0 Å². The van der Waals surface area contributed by atoms with Crippen LogP contribution < -0.4 is 0 Å². The Hall–Kier alpha value is -2.25. The highest BCUT2D eigenvalue weighted by atomic mass is 16.5. The molecule has 2 aliphatic heterocycles. The predicted octanol–water partition coefficient (Wildman–Crippen LogP) is 1.51. The summed E-state index contributed by atoms with van der Waals surface area (Å²) >= 11 is 0. The molecule has 2 aliphatic rings. The minimum absolute atomic E-state index is 0.00579. The maximum atomic E-state index is 12.6. The van der Waals surface area contributed by atoms with Crippen molar-refractivity contribution in [2.75, 3.05) is 26.3 Å². The van der Waals surface area contributed by atoms with Crippen LogP contribution in [0.4, 0.5) is 0 Å². The van der Waals surface area contributed by atoms with Gasteiger partial charge in [-0.1, -0.05) is 6.07 Å². The smallest absolute Gasteiger partial charge is 0.274 e. The quantitative estimate of drug-likeness (QED) is 0.734. The second kappa shape index (κ2) is 7.55. The van der Waals surface area contributed by atoms with Crippen LogP contribution in [0.25, 0.3) is 0 Å². The molecule has 138 valence electrons. The van der Waals surface area contributed by atoms with Gasteiger partial charge in [0.2, 0.25) is 0 Å². The molecule has 7 heteroatoms. The molecule has 0 saturated carbocycles. The monoisotopic (exact) mass is 356 g/mol. The Morgan fingerprint density at radius 2 is 2.27 bits per heavy atom. The first-order valence-electron chi connectivity index (χ1n) is 9.09. The number of hydrogen-bond donors (Lipinski definition) is 0. The molecule has 4 heterocycles. The molecule has 0 spiro atoms. The van der Waals surface area contributed by atoms with Crippen LogP contribution in [-0.4, -0.2) is 58.0 Å². The summed E-state index contributed by atoms with van der Waals surface area (Å²) < 4.78 is 13.4. The molecule has 2 aromatic rings. The number of rotatable bonds is 6. The van der Waals surface area contributed by atoms with E-state index in [9.17, 15) is 4.79 Å². The van der Waals surface area contributed by atoms with Gasteiger partial charge >= 0.3 is 0 Å². The van der Waals surface area contributed by atoms with Gasteiger partial charge in [0.1, 0.15) is 5.69 Å². The van der Waals surface area contributed by atoms with E-state index in [1.54, 1.807) is 23.1 Å². The second-order valence-corrected chi connectivity index (χ2v) is 7.04. The normalized spacial score (nSPS) is 24.8. The highest BCUT2D eigenvalue weighted by Crippen LogP contribution is 2.36. The Balaban J connectivity index is 1.26. The number of aryl methyl sites for hydroxylation is 1. The minimum Gasteiger partial charge on any atom is -0.376 e. The van der Waals surface area contributed by atoms with Crippen molar-refractivity contribution < 1.29 is 14.3 Å². The van der Waals surface area contributed by atoms with Crippen LogP contribution in [-0.2, 0) is 23.1 Å². The van der Waals surface area contributed by atoms with Gasteiger partial charge in [0, 0.05) is 45.1 Å². The van der Waals surface area contributed by atoms with E-state index in [-0.39, 0.29) is 12.0 Å². The lowest BCUT2D eigenvalue weighted by molar-refractivity contribution is 0.0642. The average Bonchev–Trinajstić information content (AvgIpc) is 3.35. The van der Waals surface area contributed by atoms with E-state index in [0.717, 1.165) is 25.3 Å². The number of hydrogen-bond acceptors (Lipinski definition) is 5. The highest BCUT2D eigenvalue weighted by molar-refractivity contribution is 5.92. The average molecular weight is 356 g/mol. The van der Waals surface area contributed by atoms with Crippen molar-refractivity contribution in [2.24, 2.45) is 18.9 Å². The topological polar surface area (TPSA) is 69.5 Å². The lowest BCUT2D eigenvalue weighted by atomic mass is 9.91. The molecule has 1 amide bonds. The number of nitrogens with zero attached hydrogens (tertiary/aromatic N) is 4. The van der Waals surface area contributed by atoms with Crippen molar-refractivity contribution >= 4 is 5.91 Å². The van der Waals surface area contributed by atoms with Crippen molar-refractivity contribution in [1.82, 2.24) is 19.7 Å². The van der Waals surface area contributed by atoms with Crippen LogP contribution in [0, 0.1) is 11.8 Å². The Labute approximate surface area is 152 Å². The number of ether oxygens (including phenoxy) is 2. The molecule has 7 nitrogen and oxygen atoms in total. The van der Waals surface area contributed by atoms with Crippen molar-refractivity contribution in [3.05, 3.63) is 48.0 Å². The molecular weight excluding hydrogens is 332 g/mol. The molecule has 0 aromatic carbocycles. The fourth-order valence-corrected chi connectivity index (χ4v) is 3.85. The fourth-order valence-electron chi connectivity index (χ4n) is 3.85. The minimum atomic E-state index is -0.00579. The number of fused-ring (bicyclic) bond motifs is 1. The molecular formula is C19H24N4O3. The van der Waals surface area contributed by atoms with Crippen LogP contribution in [0.3, 0.4) is 0 Å². The third-order valence-corrected chi connectivity index (χ3v) is 5.27. The van der Waals surface area contributed by atoms with Gasteiger partial charge in [-0.25, -0.2) is 0 Å². The molecule has 0 unspecified atom stereocenters. The first-order valence-corrected chi connectivity index (χ1v) is 9.09. The van der Waals surface area contributed by atoms with Gasteiger partial charge < -0.3 is 14.4 Å². The molecule has 0 radical (unpaired) electrons. The highest BCUT2D eigenvalue weighted by Gasteiger charge is 2.45. The van der Waals surface area contributed by atoms with E-state index in [1.165, 1.54) is 0 Å². The molecule has 2 saturated heterocycles. The summed E-state index contributed by atoms with van der Waals surface area (Å²) in [6.07, 6.45) is 4.66. The zero-order chi connectivity index (χ0) is 17.9. The van der Waals surface area contributed by atoms with Crippen LogP contribution >= 0.6 is 0 Å². The maximum Gasteiger partial charge on any atom is 0.274 e. The molecule has 2 aromatic heterocycles. The molecule has 0 aliphatic carbocycles. The lowest BCUT2D eigenvalue weighted by Gasteiger charge is -2.19. The van der Waals surface area contributed by atoms with E-state index in [2.05, 4.69) is 10.1 Å². The second-order valence-electron chi connectivity index (χ2n) is 7.04. The van der Waals surface area contributed by atoms with Crippen LogP contribution in [0.1, 0.15) is 22.6 Å². The number of aromatic nitrogens is 3. The largest absolute Gasteiger partial charge is 0.376 e. The summed E-state index contributed by atoms with van der Waals surface area (Å²) in [5.74, 6) is 0.820. The van der Waals surface area contributed by atoms with Gasteiger partial charge in [-0.15, -0.1) is 0 Å². The number of amides is 1. The van der Waals surface area contributed by atoms with E-state index >= 15 is 0 Å². The van der Waals surface area contributed by atoms with Gasteiger partial charge in [-0.05, 0) is 30.5 Å². The molecule has 0 N–H and O–H groups in total. The number of carbonyl (C=O) groups excluding carboxylic acids is 1. The zero-order valence-electron chi connectivity index (χ0n) is 15.0. The third kappa shape index (κ3) is 3.64. The number of pyridine rings is 1. The van der Waals surface area contributed by atoms with E-state index < -0.39 is 0 Å². The van der Waals surface area contributed by atoms with Gasteiger partial charge in [0.25, 0.3) is 5.91 Å². The molecule has 0 bridgehead atoms. The van der Waals surface area contributed by atoms with Gasteiger partial charge in [0.15, 0.2) is 0 Å². The first kappa shape index (κ1) is 17.2. The Morgan fingerprint density at radius 3 is 3.04 bits per heavy atom. The Bertz CT molecular complexity index is 748. The molecule has 3 atom stereocenters. The van der Waals surface area contributed by atoms with Crippen LogP contribution in [0.2, 0.25) is 0 Å². The van der Waals surface area contributed by atoms with Gasteiger partial charge in [-0.2, -0.15) is 5.10 Å². The first-order chi connectivity index (χ1) is 12.7. The molecule has 26 heavy (non-hydrogen) atoms. The summed E-state index contributed by atoms with van der Waals surface area (Å²) in [5, 5.41) is 4.22. The predicted molar refractivity (Wildman–Crippen MR) is 94.3 cm³/mol. The third-order valence-electron chi connectivity index (χ3n) is 5.27. The zero-order valence-corrected chi connectivity index (χ0v) is 15.0. The summed E-state index contributed by atoms with van der Waals surface area (Å²) in [4.78, 5) is 18.7. The Morgan fingerprint density at radius 1 is 1.35 bits per heavy atom. The van der Waals surface area contributed by atoms with E-state index in [0.29, 0.717) is 37.3 Å². The maximum absolute atomic E-state index is 12.6. The lowest BCUT2D eigenvalue weighted by Crippen LogP contribution is -2.31. The standard InChI is InChI=1S/C19H24N4O3/c1-22-8-5-17(21-22)19(24)23-10-16-14(12-26-18(16)11-23)6-9-25-13-15-4-2-3-7-20-15/h2-5,7-8,14,16,18H,6,9-13H2,1H3/t14-,16-,18-/m0/s1. The fraction of sp³-hybridized carbons (Fsp3) is 0.526. The summed E-state index contributed by atoms with van der Waals surface area (Å²) in [6.45, 7) is 3.37. The number of likely N-dealkylation sites (tertiary alicyclic amines) is 1. The van der Waals surface area contributed by atoms with Gasteiger partial charge in [-0.3, -0.25) is 14.5 Å². The van der Waals surface area contributed by atoms with Crippen molar-refractivity contribution in [3.8, 4) is 0 Å². The van der Waals surface area contributed by atoms with Crippen LogP contribution in [0.5, 0.6) is 0 Å². The molecule has 4 rings (SSSR count). The summed E-state index contributed by atoms with van der Waals surface area (Å²) in [7, 11) is 1.82. The van der Waals surface area contributed by atoms with Crippen molar-refractivity contribution in [2.45, 2.75) is 19.1 Å². The Kier molecular flexibility index (Phi) is 4.99. The number of carbonyl (C=O) groups is 1. The van der Waals surface area contributed by atoms with Gasteiger partial charge in [0.05, 0.1) is 25.0 Å². The summed E-state index contributed by atoms with van der Waals surface area (Å²) in [5.41, 5.74) is 1.45. The molecule has 2 fully saturated rings.